The molecule has 0 aromatic heterocycles. The van der Waals surface area contributed by atoms with Gasteiger partial charge in [0.2, 0.25) is 5.91 Å². The van der Waals surface area contributed by atoms with Crippen LogP contribution in [0.1, 0.15) is 26.3 Å². The number of piperazine rings is 1. The quantitative estimate of drug-likeness (QED) is 0.917. The zero-order valence-electron chi connectivity index (χ0n) is 16.1. The van der Waals surface area contributed by atoms with E-state index in [1.165, 1.54) is 0 Å². The third-order valence-electron chi connectivity index (χ3n) is 5.00. The summed E-state index contributed by atoms with van der Waals surface area (Å²) >= 11 is 0. The summed E-state index contributed by atoms with van der Waals surface area (Å²) < 4.78 is 5.34. The molecule has 140 valence electrons. The molecule has 5 nitrogen and oxygen atoms in total. The van der Waals surface area contributed by atoms with Gasteiger partial charge in [0, 0.05) is 43.7 Å². The molecule has 1 N–H and O–H groups in total. The van der Waals surface area contributed by atoms with Gasteiger partial charge in [-0.3, -0.25) is 9.69 Å². The monoisotopic (exact) mass is 356 g/mol. The van der Waals surface area contributed by atoms with E-state index in [0.29, 0.717) is 12.3 Å². The van der Waals surface area contributed by atoms with Crippen LogP contribution in [0, 0.1) is 5.41 Å². The fourth-order valence-corrected chi connectivity index (χ4v) is 3.45. The van der Waals surface area contributed by atoms with Crippen LogP contribution in [0.15, 0.2) is 30.3 Å². The summed E-state index contributed by atoms with van der Waals surface area (Å²) in [6.45, 7) is 9.61. The molecule has 1 aliphatic heterocycles. The molecule has 1 amide bonds. The zero-order chi connectivity index (χ0) is 18.9. The normalized spacial score (nSPS) is 16.1. The van der Waals surface area contributed by atoms with E-state index in [-0.39, 0.29) is 11.3 Å². The molecule has 1 heterocycles. The Bertz CT molecular complexity index is 803. The van der Waals surface area contributed by atoms with Gasteiger partial charge in [0.1, 0.15) is 11.5 Å². The van der Waals surface area contributed by atoms with Crippen LogP contribution in [0.3, 0.4) is 0 Å². The highest BCUT2D eigenvalue weighted by Crippen LogP contribution is 2.31. The maximum absolute atomic E-state index is 12.4. The van der Waals surface area contributed by atoms with Gasteiger partial charge < -0.3 is 14.7 Å². The van der Waals surface area contributed by atoms with Crippen molar-refractivity contribution in [2.75, 3.05) is 33.3 Å². The number of amides is 1. The molecule has 3 rings (SSSR count). The van der Waals surface area contributed by atoms with Crippen molar-refractivity contribution in [3.8, 4) is 11.5 Å². The Kier molecular flexibility index (Phi) is 5.10. The number of phenolic OH excluding ortho intramolecular Hbond substituents is 1. The number of hydrogen-bond donors (Lipinski definition) is 1. The summed E-state index contributed by atoms with van der Waals surface area (Å²) in [6, 6.07) is 9.60. The summed E-state index contributed by atoms with van der Waals surface area (Å²) in [7, 11) is 1.65. The summed E-state index contributed by atoms with van der Waals surface area (Å²) in [5.74, 6) is 1.29. The second-order valence-electron chi connectivity index (χ2n) is 7.97. The minimum Gasteiger partial charge on any atom is -0.508 e. The van der Waals surface area contributed by atoms with Crippen LogP contribution in [0.5, 0.6) is 11.5 Å². The Balaban J connectivity index is 1.76. The van der Waals surface area contributed by atoms with Crippen LogP contribution >= 0.6 is 0 Å². The molecule has 0 radical (unpaired) electrons. The molecule has 0 aliphatic carbocycles. The third kappa shape index (κ3) is 3.78. The van der Waals surface area contributed by atoms with Crippen LogP contribution in [0.4, 0.5) is 0 Å². The molecule has 0 bridgehead atoms. The molecule has 0 spiro atoms. The van der Waals surface area contributed by atoms with Gasteiger partial charge in [-0.1, -0.05) is 32.9 Å². The van der Waals surface area contributed by atoms with Crippen molar-refractivity contribution >= 4 is 16.7 Å². The number of fused-ring (bicyclic) bond motifs is 1. The number of ether oxygens (including phenoxy) is 1. The van der Waals surface area contributed by atoms with E-state index < -0.39 is 0 Å². The number of rotatable bonds is 3. The molecule has 26 heavy (non-hydrogen) atoms. The first kappa shape index (κ1) is 18.5. The standard InChI is InChI=1S/C21H28N2O3/c1-21(2,3)20(25)23-11-9-22(10-12-23)14-18-17-13-16(26-4)7-5-15(17)6-8-19(18)24/h5-8,13,24H,9-12,14H2,1-4H3. The maximum atomic E-state index is 12.4. The Hall–Kier alpha value is -2.27. The van der Waals surface area contributed by atoms with Gasteiger partial charge in [-0.15, -0.1) is 0 Å². The Morgan fingerprint density at radius 1 is 1.12 bits per heavy atom. The minimum atomic E-state index is -0.341. The number of benzene rings is 2. The Morgan fingerprint density at radius 2 is 1.77 bits per heavy atom. The lowest BCUT2D eigenvalue weighted by atomic mass is 9.94. The number of hydrogen-bond acceptors (Lipinski definition) is 4. The first-order valence-corrected chi connectivity index (χ1v) is 9.10. The van der Waals surface area contributed by atoms with Crippen LogP contribution in [0.25, 0.3) is 10.8 Å². The van der Waals surface area contributed by atoms with E-state index in [0.717, 1.165) is 48.3 Å². The molecule has 0 atom stereocenters. The van der Waals surface area contributed by atoms with Crippen LogP contribution in [0.2, 0.25) is 0 Å². The predicted octanol–water partition coefficient (Wildman–Crippen LogP) is 3.24. The largest absolute Gasteiger partial charge is 0.508 e. The lowest BCUT2D eigenvalue weighted by Crippen LogP contribution is -2.51. The molecule has 2 aromatic rings. The van der Waals surface area contributed by atoms with Crippen molar-refractivity contribution in [1.82, 2.24) is 9.80 Å². The smallest absolute Gasteiger partial charge is 0.228 e. The number of carbonyl (C=O) groups excluding carboxylic acids is 1. The molecule has 1 saturated heterocycles. The van der Waals surface area contributed by atoms with Crippen molar-refractivity contribution in [3.63, 3.8) is 0 Å². The first-order valence-electron chi connectivity index (χ1n) is 9.10. The topological polar surface area (TPSA) is 53.0 Å². The summed E-state index contributed by atoms with van der Waals surface area (Å²) in [6.07, 6.45) is 0. The average molecular weight is 356 g/mol. The SMILES string of the molecule is COc1ccc2ccc(O)c(CN3CCN(C(=O)C(C)(C)C)CC3)c2c1. The molecule has 5 heteroatoms. The van der Waals surface area contributed by atoms with Crippen LogP contribution in [-0.2, 0) is 11.3 Å². The van der Waals surface area contributed by atoms with Gasteiger partial charge >= 0.3 is 0 Å². The highest BCUT2D eigenvalue weighted by molar-refractivity contribution is 5.89. The summed E-state index contributed by atoms with van der Waals surface area (Å²) in [4.78, 5) is 16.7. The van der Waals surface area contributed by atoms with Crippen molar-refractivity contribution in [1.29, 1.82) is 0 Å². The van der Waals surface area contributed by atoms with Gasteiger partial charge in [0.15, 0.2) is 0 Å². The highest BCUT2D eigenvalue weighted by atomic mass is 16.5. The summed E-state index contributed by atoms with van der Waals surface area (Å²) in [5.41, 5.74) is 0.573. The second-order valence-corrected chi connectivity index (χ2v) is 7.97. The van der Waals surface area contributed by atoms with E-state index in [1.807, 2.05) is 49.9 Å². The van der Waals surface area contributed by atoms with Gasteiger partial charge in [-0.25, -0.2) is 0 Å². The van der Waals surface area contributed by atoms with E-state index in [4.69, 9.17) is 4.74 Å². The molecule has 1 fully saturated rings. The van der Waals surface area contributed by atoms with Gasteiger partial charge in [-0.2, -0.15) is 0 Å². The summed E-state index contributed by atoms with van der Waals surface area (Å²) in [5, 5.41) is 12.5. The Morgan fingerprint density at radius 3 is 2.38 bits per heavy atom. The van der Waals surface area contributed by atoms with E-state index in [9.17, 15) is 9.90 Å². The van der Waals surface area contributed by atoms with E-state index >= 15 is 0 Å². The van der Waals surface area contributed by atoms with Crippen LogP contribution < -0.4 is 4.74 Å². The first-order chi connectivity index (χ1) is 12.3. The minimum absolute atomic E-state index is 0.204. The highest BCUT2D eigenvalue weighted by Gasteiger charge is 2.29. The molecular formula is C21H28N2O3. The van der Waals surface area contributed by atoms with Crippen molar-refractivity contribution < 1.29 is 14.6 Å². The van der Waals surface area contributed by atoms with E-state index in [1.54, 1.807) is 13.2 Å². The molecule has 0 saturated carbocycles. The molecule has 0 unspecified atom stereocenters. The zero-order valence-corrected chi connectivity index (χ0v) is 16.1. The Labute approximate surface area is 155 Å². The lowest BCUT2D eigenvalue weighted by molar-refractivity contribution is -0.141. The predicted molar refractivity (Wildman–Crippen MR) is 103 cm³/mol. The van der Waals surface area contributed by atoms with Crippen LogP contribution in [-0.4, -0.2) is 54.1 Å². The van der Waals surface area contributed by atoms with Gasteiger partial charge in [-0.05, 0) is 29.0 Å². The lowest BCUT2D eigenvalue weighted by Gasteiger charge is -2.37. The number of methoxy groups -OCH3 is 1. The van der Waals surface area contributed by atoms with Crippen molar-refractivity contribution in [3.05, 3.63) is 35.9 Å². The second kappa shape index (κ2) is 7.16. The number of aromatic hydroxyl groups is 1. The number of carbonyl (C=O) groups is 1. The molecule has 2 aromatic carbocycles. The van der Waals surface area contributed by atoms with Crippen molar-refractivity contribution in [2.45, 2.75) is 27.3 Å². The van der Waals surface area contributed by atoms with E-state index in [2.05, 4.69) is 4.90 Å². The number of nitrogens with zero attached hydrogens (tertiary/aromatic N) is 2. The molecular weight excluding hydrogens is 328 g/mol. The average Bonchev–Trinajstić information content (AvgIpc) is 2.63. The van der Waals surface area contributed by atoms with Gasteiger partial charge in [0.25, 0.3) is 0 Å². The fourth-order valence-electron chi connectivity index (χ4n) is 3.45. The number of phenols is 1. The van der Waals surface area contributed by atoms with Crippen molar-refractivity contribution in [2.24, 2.45) is 5.41 Å². The third-order valence-corrected chi connectivity index (χ3v) is 5.00. The molecule has 1 aliphatic rings. The van der Waals surface area contributed by atoms with Gasteiger partial charge in [0.05, 0.1) is 7.11 Å². The fraction of sp³-hybridized carbons (Fsp3) is 0.476. The maximum Gasteiger partial charge on any atom is 0.228 e.